The molecule has 0 aromatic heterocycles. The lowest BCUT2D eigenvalue weighted by atomic mass is 10.1. The summed E-state index contributed by atoms with van der Waals surface area (Å²) in [5, 5.41) is 21.0. The van der Waals surface area contributed by atoms with Gasteiger partial charge >= 0.3 is 0 Å². The average Bonchev–Trinajstić information content (AvgIpc) is 2.92. The molecule has 0 radical (unpaired) electrons. The second-order valence-electron chi connectivity index (χ2n) is 6.74. The second-order valence-corrected chi connectivity index (χ2v) is 6.74. The lowest BCUT2D eigenvalue weighted by Crippen LogP contribution is -2.43. The Kier molecular flexibility index (Phi) is 5.49. The van der Waals surface area contributed by atoms with Crippen LogP contribution in [0.1, 0.15) is 32.8 Å². The van der Waals surface area contributed by atoms with E-state index in [1.54, 1.807) is 13.8 Å². The van der Waals surface area contributed by atoms with Gasteiger partial charge in [-0.25, -0.2) is 0 Å². The molecule has 5 nitrogen and oxygen atoms in total. The summed E-state index contributed by atoms with van der Waals surface area (Å²) < 4.78 is 0. The first-order valence-electron chi connectivity index (χ1n) is 8.07. The van der Waals surface area contributed by atoms with Gasteiger partial charge in [0.2, 0.25) is 5.91 Å². The standard InChI is InChI=1S/C19H23N3O2/c1-14-11-17(18(23)21-10-9-20)22(13-14)16-6-4-5-15(12-16)7-8-19(2,3)24/h4-6,12,14,17,24H,10-11,13H2,1-3H3,(H,21,23)/t14-,17-/m0/s1. The first-order valence-corrected chi connectivity index (χ1v) is 8.07. The van der Waals surface area contributed by atoms with Gasteiger partial charge < -0.3 is 15.3 Å². The Morgan fingerprint density at radius 3 is 2.92 bits per heavy atom. The van der Waals surface area contributed by atoms with E-state index < -0.39 is 5.60 Å². The van der Waals surface area contributed by atoms with Crippen LogP contribution in [0.25, 0.3) is 0 Å². The quantitative estimate of drug-likeness (QED) is 0.655. The van der Waals surface area contributed by atoms with Crippen molar-refractivity contribution >= 4 is 11.6 Å². The van der Waals surface area contributed by atoms with Crippen molar-refractivity contribution < 1.29 is 9.90 Å². The number of anilines is 1. The summed E-state index contributed by atoms with van der Waals surface area (Å²) in [5.74, 6) is 6.05. The maximum Gasteiger partial charge on any atom is 0.243 e. The fraction of sp³-hybridized carbons (Fsp3) is 0.474. The molecule has 0 saturated carbocycles. The third-order valence-electron chi connectivity index (χ3n) is 3.85. The van der Waals surface area contributed by atoms with E-state index in [1.807, 2.05) is 30.3 Å². The van der Waals surface area contributed by atoms with Crippen molar-refractivity contribution in [3.63, 3.8) is 0 Å². The molecular weight excluding hydrogens is 302 g/mol. The molecule has 1 heterocycles. The van der Waals surface area contributed by atoms with Crippen LogP contribution in [0.3, 0.4) is 0 Å². The van der Waals surface area contributed by atoms with E-state index in [0.717, 1.165) is 24.2 Å². The topological polar surface area (TPSA) is 76.4 Å². The largest absolute Gasteiger partial charge is 0.378 e. The average molecular weight is 325 g/mol. The van der Waals surface area contributed by atoms with Crippen LogP contribution in [-0.4, -0.2) is 35.7 Å². The molecule has 0 spiro atoms. The first kappa shape index (κ1) is 17.8. The van der Waals surface area contributed by atoms with Crippen molar-refractivity contribution in [3.8, 4) is 17.9 Å². The maximum atomic E-state index is 12.3. The van der Waals surface area contributed by atoms with Gasteiger partial charge in [0.05, 0.1) is 6.07 Å². The van der Waals surface area contributed by atoms with Crippen LogP contribution in [0.5, 0.6) is 0 Å². The highest BCUT2D eigenvalue weighted by Gasteiger charge is 2.34. The fourth-order valence-corrected chi connectivity index (χ4v) is 2.81. The van der Waals surface area contributed by atoms with Crippen LogP contribution >= 0.6 is 0 Å². The van der Waals surface area contributed by atoms with Gasteiger partial charge in [-0.15, -0.1) is 0 Å². The van der Waals surface area contributed by atoms with E-state index in [2.05, 4.69) is 29.0 Å². The molecule has 24 heavy (non-hydrogen) atoms. The van der Waals surface area contributed by atoms with Crippen molar-refractivity contribution in [1.82, 2.24) is 5.32 Å². The molecule has 1 aliphatic rings. The second kappa shape index (κ2) is 7.38. The molecule has 126 valence electrons. The van der Waals surface area contributed by atoms with Gasteiger partial charge in [0.25, 0.3) is 0 Å². The number of benzene rings is 1. The zero-order chi connectivity index (χ0) is 17.7. The van der Waals surface area contributed by atoms with Crippen LogP contribution in [-0.2, 0) is 4.79 Å². The summed E-state index contributed by atoms with van der Waals surface area (Å²) in [6, 6.07) is 9.33. The molecule has 1 aliphatic heterocycles. The number of nitriles is 1. The molecule has 2 rings (SSSR count). The molecule has 1 aromatic carbocycles. The Hall–Kier alpha value is -2.50. The van der Waals surface area contributed by atoms with Crippen molar-refractivity contribution in [2.24, 2.45) is 5.92 Å². The van der Waals surface area contributed by atoms with Gasteiger partial charge in [0.1, 0.15) is 18.2 Å². The highest BCUT2D eigenvalue weighted by molar-refractivity contribution is 5.86. The van der Waals surface area contributed by atoms with E-state index >= 15 is 0 Å². The van der Waals surface area contributed by atoms with Gasteiger partial charge in [-0.2, -0.15) is 5.26 Å². The smallest absolute Gasteiger partial charge is 0.243 e. The van der Waals surface area contributed by atoms with Gasteiger partial charge in [-0.1, -0.05) is 24.8 Å². The summed E-state index contributed by atoms with van der Waals surface area (Å²) in [5.41, 5.74) is 0.682. The number of nitrogens with one attached hydrogen (secondary N) is 1. The molecule has 1 fully saturated rings. The van der Waals surface area contributed by atoms with Crippen LogP contribution in [0.2, 0.25) is 0 Å². The predicted octanol–water partition coefficient (Wildman–Crippen LogP) is 1.66. The van der Waals surface area contributed by atoms with Gasteiger partial charge in [0, 0.05) is 17.8 Å². The van der Waals surface area contributed by atoms with E-state index in [0.29, 0.717) is 5.92 Å². The number of amides is 1. The van der Waals surface area contributed by atoms with Crippen molar-refractivity contribution in [3.05, 3.63) is 29.8 Å². The van der Waals surface area contributed by atoms with Crippen LogP contribution in [0.4, 0.5) is 5.69 Å². The fourth-order valence-electron chi connectivity index (χ4n) is 2.81. The molecule has 0 aliphatic carbocycles. The van der Waals surface area contributed by atoms with Crippen LogP contribution in [0, 0.1) is 29.1 Å². The number of carbonyl (C=O) groups is 1. The van der Waals surface area contributed by atoms with Crippen LogP contribution in [0.15, 0.2) is 24.3 Å². The molecule has 2 atom stereocenters. The Morgan fingerprint density at radius 2 is 2.25 bits per heavy atom. The lowest BCUT2D eigenvalue weighted by Gasteiger charge is -2.25. The summed E-state index contributed by atoms with van der Waals surface area (Å²) in [6.45, 7) is 6.20. The normalized spacial score (nSPS) is 20.0. The number of carbonyl (C=O) groups excluding carboxylic acids is 1. The zero-order valence-electron chi connectivity index (χ0n) is 14.3. The number of nitrogens with zero attached hydrogens (tertiary/aromatic N) is 2. The number of aliphatic hydroxyl groups is 1. The summed E-state index contributed by atoms with van der Waals surface area (Å²) in [7, 11) is 0. The van der Waals surface area contributed by atoms with E-state index in [-0.39, 0.29) is 18.5 Å². The minimum Gasteiger partial charge on any atom is -0.378 e. The Bertz CT molecular complexity index is 704. The molecule has 1 amide bonds. The van der Waals surface area contributed by atoms with Gasteiger partial charge in [-0.05, 0) is 44.4 Å². The lowest BCUT2D eigenvalue weighted by molar-refractivity contribution is -0.122. The molecule has 2 N–H and O–H groups in total. The van der Waals surface area contributed by atoms with Crippen molar-refractivity contribution in [2.75, 3.05) is 18.0 Å². The third kappa shape index (κ3) is 4.75. The summed E-state index contributed by atoms with van der Waals surface area (Å²) >= 11 is 0. The minimum absolute atomic E-state index is 0.0225. The molecule has 0 unspecified atom stereocenters. The summed E-state index contributed by atoms with van der Waals surface area (Å²) in [6.07, 6.45) is 0.761. The highest BCUT2D eigenvalue weighted by atomic mass is 16.3. The zero-order valence-corrected chi connectivity index (χ0v) is 14.3. The first-order chi connectivity index (χ1) is 11.3. The number of hydrogen-bond donors (Lipinski definition) is 2. The Labute approximate surface area is 143 Å². The maximum absolute atomic E-state index is 12.3. The van der Waals surface area contributed by atoms with Crippen molar-refractivity contribution in [2.45, 2.75) is 38.8 Å². The molecule has 5 heteroatoms. The third-order valence-corrected chi connectivity index (χ3v) is 3.85. The molecular formula is C19H23N3O2. The van der Waals surface area contributed by atoms with E-state index in [9.17, 15) is 9.90 Å². The summed E-state index contributed by atoms with van der Waals surface area (Å²) in [4.78, 5) is 14.4. The number of hydrogen-bond acceptors (Lipinski definition) is 4. The number of rotatable bonds is 3. The highest BCUT2D eigenvalue weighted by Crippen LogP contribution is 2.29. The van der Waals surface area contributed by atoms with Gasteiger partial charge in [0.15, 0.2) is 0 Å². The molecule has 1 aromatic rings. The minimum atomic E-state index is -1.04. The Morgan fingerprint density at radius 1 is 1.50 bits per heavy atom. The van der Waals surface area contributed by atoms with Crippen LogP contribution < -0.4 is 10.2 Å². The monoisotopic (exact) mass is 325 g/mol. The van der Waals surface area contributed by atoms with Gasteiger partial charge in [-0.3, -0.25) is 4.79 Å². The predicted molar refractivity (Wildman–Crippen MR) is 93.2 cm³/mol. The Balaban J connectivity index is 2.23. The molecule has 1 saturated heterocycles. The van der Waals surface area contributed by atoms with Crippen molar-refractivity contribution in [1.29, 1.82) is 5.26 Å². The van der Waals surface area contributed by atoms with E-state index in [4.69, 9.17) is 5.26 Å². The van der Waals surface area contributed by atoms with E-state index in [1.165, 1.54) is 0 Å². The molecule has 0 bridgehead atoms. The SMILES string of the molecule is C[C@H]1C[C@@H](C(=O)NCC#N)N(c2cccc(C#CC(C)(C)O)c2)C1.